The van der Waals surface area contributed by atoms with Crippen LogP contribution in [0.5, 0.6) is 0 Å². The molecule has 0 fully saturated rings. The van der Waals surface area contributed by atoms with Crippen LogP contribution in [0.4, 0.5) is 5.13 Å². The Bertz CT molecular complexity index is 772. The molecule has 1 aromatic carbocycles. The fourth-order valence-corrected chi connectivity index (χ4v) is 5.09. The minimum atomic E-state index is -3.65. The number of anilines is 1. The molecule has 0 aliphatic rings. The van der Waals surface area contributed by atoms with Crippen molar-refractivity contribution in [2.75, 3.05) is 11.4 Å². The molecule has 1 heterocycles. The first kappa shape index (κ1) is 17.9. The number of nitrogens with zero attached hydrogens (tertiary/aromatic N) is 3. The zero-order chi connectivity index (χ0) is 17.2. The molecule has 0 atom stereocenters. The quantitative estimate of drug-likeness (QED) is 0.799. The summed E-state index contributed by atoms with van der Waals surface area (Å²) in [5.74, 6) is 0. The van der Waals surface area contributed by atoms with Crippen LogP contribution in [0.15, 0.2) is 17.0 Å². The smallest absolute Gasteiger partial charge is 0.243 e. The molecule has 0 unspecified atom stereocenters. The molecule has 23 heavy (non-hydrogen) atoms. The first-order chi connectivity index (χ1) is 10.8. The summed E-state index contributed by atoms with van der Waals surface area (Å²) >= 11 is 1.28. The Kier molecular flexibility index (Phi) is 5.41. The SMILES string of the molecule is CCc1cc(CC)c(S(=O)(=O)N(C)c2nnc(C)s2)c(CC)c1. The standard InChI is InChI=1S/C16H23N3O2S2/c1-6-12-9-13(7-2)15(14(8-3)10-12)23(20,21)19(5)16-18-17-11(4)22-16/h9-10H,6-8H2,1-5H3. The van der Waals surface area contributed by atoms with Crippen LogP contribution >= 0.6 is 11.3 Å². The molecule has 0 saturated heterocycles. The van der Waals surface area contributed by atoms with Crippen molar-refractivity contribution in [2.45, 2.75) is 51.9 Å². The van der Waals surface area contributed by atoms with Gasteiger partial charge in [0.1, 0.15) is 5.01 Å². The van der Waals surface area contributed by atoms with Gasteiger partial charge in [0.15, 0.2) is 0 Å². The van der Waals surface area contributed by atoms with Crippen LogP contribution in [-0.2, 0) is 29.3 Å². The maximum atomic E-state index is 13.2. The fraction of sp³-hybridized carbons (Fsp3) is 0.500. The molecule has 0 bridgehead atoms. The summed E-state index contributed by atoms with van der Waals surface area (Å²) in [6, 6.07) is 4.01. The lowest BCUT2D eigenvalue weighted by Gasteiger charge is -2.21. The minimum absolute atomic E-state index is 0.395. The van der Waals surface area contributed by atoms with Crippen LogP contribution in [-0.4, -0.2) is 25.7 Å². The van der Waals surface area contributed by atoms with Gasteiger partial charge >= 0.3 is 0 Å². The first-order valence-corrected chi connectivity index (χ1v) is 10.0. The average Bonchev–Trinajstić information content (AvgIpc) is 2.98. The summed E-state index contributed by atoms with van der Waals surface area (Å²) in [5, 5.41) is 9.03. The Hall–Kier alpha value is -1.47. The summed E-state index contributed by atoms with van der Waals surface area (Å²) in [6.45, 7) is 7.87. The van der Waals surface area contributed by atoms with E-state index in [1.807, 2.05) is 32.9 Å². The second-order valence-electron chi connectivity index (χ2n) is 5.38. The highest BCUT2D eigenvalue weighted by Crippen LogP contribution is 2.30. The molecule has 1 aromatic heterocycles. The molecular formula is C16H23N3O2S2. The van der Waals surface area contributed by atoms with Crippen molar-refractivity contribution in [2.24, 2.45) is 0 Å². The molecule has 0 N–H and O–H groups in total. The number of benzene rings is 1. The molecule has 0 amide bonds. The number of hydrogen-bond acceptors (Lipinski definition) is 5. The molecule has 2 rings (SSSR count). The fourth-order valence-electron chi connectivity index (χ4n) is 2.54. The molecular weight excluding hydrogens is 330 g/mol. The maximum Gasteiger partial charge on any atom is 0.266 e. The van der Waals surface area contributed by atoms with Gasteiger partial charge in [0, 0.05) is 7.05 Å². The predicted octanol–water partition coefficient (Wildman–Crippen LogP) is 3.36. The van der Waals surface area contributed by atoms with E-state index in [1.54, 1.807) is 7.05 Å². The lowest BCUT2D eigenvalue weighted by Crippen LogP contribution is -2.28. The third-order valence-corrected chi connectivity index (χ3v) is 6.84. The van der Waals surface area contributed by atoms with Gasteiger partial charge in [-0.25, -0.2) is 12.7 Å². The van der Waals surface area contributed by atoms with Gasteiger partial charge < -0.3 is 0 Å². The summed E-state index contributed by atoms with van der Waals surface area (Å²) in [4.78, 5) is 0.426. The van der Waals surface area contributed by atoms with Crippen molar-refractivity contribution in [1.29, 1.82) is 0 Å². The van der Waals surface area contributed by atoms with Crippen LogP contribution in [0, 0.1) is 6.92 Å². The molecule has 2 aromatic rings. The number of aromatic nitrogens is 2. The highest BCUT2D eigenvalue weighted by molar-refractivity contribution is 7.93. The van der Waals surface area contributed by atoms with E-state index in [9.17, 15) is 8.42 Å². The highest BCUT2D eigenvalue weighted by atomic mass is 32.2. The van der Waals surface area contributed by atoms with E-state index in [0.717, 1.165) is 22.6 Å². The van der Waals surface area contributed by atoms with Crippen LogP contribution in [0.2, 0.25) is 0 Å². The van der Waals surface area contributed by atoms with Gasteiger partial charge in [-0.05, 0) is 42.9 Å². The van der Waals surface area contributed by atoms with Crippen molar-refractivity contribution in [3.63, 3.8) is 0 Å². The van der Waals surface area contributed by atoms with E-state index < -0.39 is 10.0 Å². The van der Waals surface area contributed by atoms with E-state index in [0.29, 0.717) is 22.9 Å². The monoisotopic (exact) mass is 353 g/mol. The van der Waals surface area contributed by atoms with Crippen LogP contribution < -0.4 is 4.31 Å². The topological polar surface area (TPSA) is 63.2 Å². The number of sulfonamides is 1. The predicted molar refractivity (Wildman–Crippen MR) is 94.8 cm³/mol. The molecule has 0 aliphatic heterocycles. The molecule has 0 aliphatic carbocycles. The van der Waals surface area contributed by atoms with E-state index >= 15 is 0 Å². The molecule has 7 heteroatoms. The van der Waals surface area contributed by atoms with Crippen LogP contribution in [0.25, 0.3) is 0 Å². The molecule has 5 nitrogen and oxygen atoms in total. The third kappa shape index (κ3) is 3.40. The van der Waals surface area contributed by atoms with Gasteiger partial charge in [0.25, 0.3) is 10.0 Å². The Morgan fingerprint density at radius 2 is 1.61 bits per heavy atom. The van der Waals surface area contributed by atoms with Gasteiger partial charge in [-0.1, -0.05) is 44.2 Å². The normalized spacial score (nSPS) is 11.7. The Morgan fingerprint density at radius 3 is 2.00 bits per heavy atom. The van der Waals surface area contributed by atoms with Crippen LogP contribution in [0.3, 0.4) is 0 Å². The van der Waals surface area contributed by atoms with Gasteiger partial charge in [0.05, 0.1) is 4.90 Å². The maximum absolute atomic E-state index is 13.2. The van der Waals surface area contributed by atoms with Crippen molar-refractivity contribution < 1.29 is 8.42 Å². The van der Waals surface area contributed by atoms with Crippen molar-refractivity contribution >= 4 is 26.5 Å². The second-order valence-corrected chi connectivity index (χ2v) is 8.45. The lowest BCUT2D eigenvalue weighted by atomic mass is 10.0. The van der Waals surface area contributed by atoms with E-state index in [1.165, 1.54) is 21.2 Å². The molecule has 0 spiro atoms. The van der Waals surface area contributed by atoms with Gasteiger partial charge in [-0.3, -0.25) is 0 Å². The van der Waals surface area contributed by atoms with E-state index in [2.05, 4.69) is 17.1 Å². The van der Waals surface area contributed by atoms with Crippen molar-refractivity contribution in [1.82, 2.24) is 10.2 Å². The molecule has 0 saturated carbocycles. The highest BCUT2D eigenvalue weighted by Gasteiger charge is 2.29. The van der Waals surface area contributed by atoms with Gasteiger partial charge in [0.2, 0.25) is 5.13 Å². The first-order valence-electron chi connectivity index (χ1n) is 7.78. The van der Waals surface area contributed by atoms with Crippen molar-refractivity contribution in [3.8, 4) is 0 Å². The minimum Gasteiger partial charge on any atom is -0.243 e. The summed E-state index contributed by atoms with van der Waals surface area (Å²) in [7, 11) is -2.10. The summed E-state index contributed by atoms with van der Waals surface area (Å²) in [5.41, 5.74) is 2.91. The van der Waals surface area contributed by atoms with E-state index in [-0.39, 0.29) is 0 Å². The zero-order valence-corrected chi connectivity index (χ0v) is 15.9. The largest absolute Gasteiger partial charge is 0.266 e. The third-order valence-electron chi connectivity index (χ3n) is 3.88. The Balaban J connectivity index is 2.63. The Labute approximate surface area is 142 Å². The Morgan fingerprint density at radius 1 is 1.04 bits per heavy atom. The van der Waals surface area contributed by atoms with Gasteiger partial charge in [-0.2, -0.15) is 0 Å². The summed E-state index contributed by atoms with van der Waals surface area (Å²) in [6.07, 6.45) is 2.25. The van der Waals surface area contributed by atoms with E-state index in [4.69, 9.17) is 0 Å². The molecule has 0 radical (unpaired) electrons. The van der Waals surface area contributed by atoms with Gasteiger partial charge in [-0.15, -0.1) is 10.2 Å². The number of rotatable bonds is 6. The average molecular weight is 354 g/mol. The van der Waals surface area contributed by atoms with Crippen LogP contribution in [0.1, 0.15) is 42.5 Å². The molecule has 126 valence electrons. The second kappa shape index (κ2) is 6.97. The zero-order valence-electron chi connectivity index (χ0n) is 14.3. The van der Waals surface area contributed by atoms with Crippen molar-refractivity contribution in [3.05, 3.63) is 33.8 Å². The number of hydrogen-bond donors (Lipinski definition) is 0. The number of aryl methyl sites for hydroxylation is 4. The lowest BCUT2D eigenvalue weighted by molar-refractivity contribution is 0.591. The summed E-state index contributed by atoms with van der Waals surface area (Å²) < 4.78 is 27.6.